The molecule has 106 valence electrons. The lowest BCUT2D eigenvalue weighted by Crippen LogP contribution is -2.14. The lowest BCUT2D eigenvalue weighted by atomic mass is 10.2. The zero-order valence-electron chi connectivity index (χ0n) is 11.1. The van der Waals surface area contributed by atoms with Gasteiger partial charge in [-0.25, -0.2) is 4.98 Å². The second kappa shape index (κ2) is 6.47. The third-order valence-electron chi connectivity index (χ3n) is 2.57. The smallest absolute Gasteiger partial charge is 0.234 e. The normalized spacial score (nSPS) is 10.6. The number of thiazole rings is 1. The van der Waals surface area contributed by atoms with Gasteiger partial charge in [-0.1, -0.05) is 22.9 Å². The number of nitrogen functional groups attached to an aromatic ring is 1. The van der Waals surface area contributed by atoms with Crippen molar-refractivity contribution in [3.8, 4) is 0 Å². The van der Waals surface area contributed by atoms with Crippen LogP contribution in [0.4, 0.5) is 10.8 Å². The van der Waals surface area contributed by atoms with Crippen molar-refractivity contribution in [1.29, 1.82) is 0 Å². The number of carbonyl (C=O) groups is 1. The number of hydrogen-bond acceptors (Lipinski definition) is 5. The fourth-order valence-corrected chi connectivity index (χ4v) is 3.67. The van der Waals surface area contributed by atoms with Gasteiger partial charge in [0.05, 0.1) is 15.7 Å². The molecule has 1 amide bonds. The SMILES string of the molecule is Cc1cc(Cl)ccc1NC(=O)CSc1sc(N)nc1C. The number of halogens is 1. The number of carbonyl (C=O) groups excluding carboxylic acids is 1. The number of nitrogens with zero attached hydrogens (tertiary/aromatic N) is 1. The number of amides is 1. The molecule has 0 fully saturated rings. The van der Waals surface area contributed by atoms with Gasteiger partial charge in [-0.05, 0) is 37.6 Å². The van der Waals surface area contributed by atoms with Crippen LogP contribution in [0, 0.1) is 13.8 Å². The van der Waals surface area contributed by atoms with Crippen molar-refractivity contribution in [3.63, 3.8) is 0 Å². The molecule has 3 N–H and O–H groups in total. The first kappa shape index (κ1) is 15.2. The van der Waals surface area contributed by atoms with Gasteiger partial charge in [0.25, 0.3) is 0 Å². The standard InChI is InChI=1S/C13H14ClN3OS2/c1-7-5-9(14)3-4-10(7)17-11(18)6-19-12-8(2)16-13(15)20-12/h3-5H,6H2,1-2H3,(H2,15,16)(H,17,18). The maximum absolute atomic E-state index is 11.9. The van der Waals surface area contributed by atoms with E-state index in [0.29, 0.717) is 15.9 Å². The number of nitrogens with two attached hydrogens (primary N) is 1. The summed E-state index contributed by atoms with van der Waals surface area (Å²) in [6.07, 6.45) is 0. The van der Waals surface area contributed by atoms with Crippen LogP contribution in [-0.4, -0.2) is 16.6 Å². The molecule has 0 spiro atoms. The molecule has 0 atom stereocenters. The summed E-state index contributed by atoms with van der Waals surface area (Å²) in [6, 6.07) is 5.37. The van der Waals surface area contributed by atoms with Gasteiger partial charge in [-0.15, -0.1) is 11.8 Å². The highest BCUT2D eigenvalue weighted by atomic mass is 35.5. The summed E-state index contributed by atoms with van der Waals surface area (Å²) in [5.41, 5.74) is 8.21. The van der Waals surface area contributed by atoms with Crippen molar-refractivity contribution in [2.24, 2.45) is 0 Å². The third-order valence-corrected chi connectivity index (χ3v) is 5.15. The minimum Gasteiger partial charge on any atom is -0.375 e. The van der Waals surface area contributed by atoms with E-state index in [4.69, 9.17) is 17.3 Å². The summed E-state index contributed by atoms with van der Waals surface area (Å²) in [6.45, 7) is 3.79. The Morgan fingerprint density at radius 2 is 2.25 bits per heavy atom. The highest BCUT2D eigenvalue weighted by molar-refractivity contribution is 8.01. The molecule has 0 aliphatic rings. The third kappa shape index (κ3) is 3.88. The van der Waals surface area contributed by atoms with Crippen molar-refractivity contribution in [2.45, 2.75) is 18.1 Å². The summed E-state index contributed by atoms with van der Waals surface area (Å²) in [5, 5.41) is 4.05. The first-order chi connectivity index (χ1) is 9.45. The molecule has 0 saturated heterocycles. The first-order valence-corrected chi connectivity index (χ1v) is 8.05. The van der Waals surface area contributed by atoms with E-state index in [0.717, 1.165) is 21.2 Å². The number of anilines is 2. The predicted octanol–water partition coefficient (Wildman–Crippen LogP) is 3.73. The van der Waals surface area contributed by atoms with Crippen molar-refractivity contribution < 1.29 is 4.79 Å². The zero-order chi connectivity index (χ0) is 14.7. The second-order valence-electron chi connectivity index (χ2n) is 4.22. The molecule has 0 unspecified atom stereocenters. The topological polar surface area (TPSA) is 68.0 Å². The lowest BCUT2D eigenvalue weighted by molar-refractivity contribution is -0.113. The van der Waals surface area contributed by atoms with Crippen molar-refractivity contribution >= 4 is 51.4 Å². The summed E-state index contributed by atoms with van der Waals surface area (Å²) < 4.78 is 0.977. The Morgan fingerprint density at radius 3 is 2.85 bits per heavy atom. The molecule has 2 aromatic rings. The highest BCUT2D eigenvalue weighted by Crippen LogP contribution is 2.30. The Bertz CT molecular complexity index is 643. The molecule has 4 nitrogen and oxygen atoms in total. The van der Waals surface area contributed by atoms with Crippen molar-refractivity contribution in [2.75, 3.05) is 16.8 Å². The minimum atomic E-state index is -0.0632. The van der Waals surface area contributed by atoms with Gasteiger partial charge in [0.15, 0.2) is 5.13 Å². The van der Waals surface area contributed by atoms with Gasteiger partial charge < -0.3 is 11.1 Å². The lowest BCUT2D eigenvalue weighted by Gasteiger charge is -2.08. The number of aryl methyl sites for hydroxylation is 2. The highest BCUT2D eigenvalue weighted by Gasteiger charge is 2.10. The van der Waals surface area contributed by atoms with E-state index in [2.05, 4.69) is 10.3 Å². The predicted molar refractivity (Wildman–Crippen MR) is 86.8 cm³/mol. The van der Waals surface area contributed by atoms with Gasteiger partial charge in [0.1, 0.15) is 0 Å². The van der Waals surface area contributed by atoms with Crippen LogP contribution in [0.3, 0.4) is 0 Å². The van der Waals surface area contributed by atoms with Gasteiger partial charge >= 0.3 is 0 Å². The van der Waals surface area contributed by atoms with Crippen molar-refractivity contribution in [3.05, 3.63) is 34.5 Å². The van der Waals surface area contributed by atoms with Crippen LogP contribution in [0.2, 0.25) is 5.02 Å². The van der Waals surface area contributed by atoms with Gasteiger partial charge in [-0.3, -0.25) is 4.79 Å². The molecule has 7 heteroatoms. The number of aromatic nitrogens is 1. The van der Waals surface area contributed by atoms with Crippen LogP contribution in [0.1, 0.15) is 11.3 Å². The fourth-order valence-electron chi connectivity index (χ4n) is 1.62. The fraction of sp³-hybridized carbons (Fsp3) is 0.231. The summed E-state index contributed by atoms with van der Waals surface area (Å²) in [7, 11) is 0. The zero-order valence-corrected chi connectivity index (χ0v) is 13.5. The number of hydrogen-bond donors (Lipinski definition) is 2. The molecule has 1 heterocycles. The molecule has 2 rings (SSSR count). The number of thioether (sulfide) groups is 1. The number of benzene rings is 1. The van der Waals surface area contributed by atoms with Crippen LogP contribution in [-0.2, 0) is 4.79 Å². The summed E-state index contributed by atoms with van der Waals surface area (Å²) in [5.74, 6) is 0.261. The van der Waals surface area contributed by atoms with Gasteiger partial charge in [0, 0.05) is 10.7 Å². The van der Waals surface area contributed by atoms with E-state index >= 15 is 0 Å². The molecule has 0 bridgehead atoms. The molecule has 0 radical (unpaired) electrons. The Morgan fingerprint density at radius 1 is 1.50 bits per heavy atom. The molecule has 1 aromatic carbocycles. The Kier molecular flexibility index (Phi) is 4.91. The van der Waals surface area contributed by atoms with Crippen LogP contribution in [0.5, 0.6) is 0 Å². The van der Waals surface area contributed by atoms with Crippen LogP contribution in [0.15, 0.2) is 22.4 Å². The molecular weight excluding hydrogens is 314 g/mol. The van der Waals surface area contributed by atoms with E-state index in [1.54, 1.807) is 12.1 Å². The summed E-state index contributed by atoms with van der Waals surface area (Å²) >= 11 is 8.72. The maximum Gasteiger partial charge on any atom is 0.234 e. The average molecular weight is 328 g/mol. The Hall–Kier alpha value is -1.24. The molecule has 20 heavy (non-hydrogen) atoms. The average Bonchev–Trinajstić information content (AvgIpc) is 2.69. The maximum atomic E-state index is 11.9. The van der Waals surface area contributed by atoms with Crippen LogP contribution >= 0.6 is 34.7 Å². The van der Waals surface area contributed by atoms with E-state index in [1.807, 2.05) is 19.9 Å². The minimum absolute atomic E-state index is 0.0632. The second-order valence-corrected chi connectivity index (χ2v) is 6.93. The van der Waals surface area contributed by atoms with E-state index in [1.165, 1.54) is 23.1 Å². The monoisotopic (exact) mass is 327 g/mol. The van der Waals surface area contributed by atoms with Gasteiger partial charge in [0.2, 0.25) is 5.91 Å². The van der Waals surface area contributed by atoms with E-state index < -0.39 is 0 Å². The van der Waals surface area contributed by atoms with Gasteiger partial charge in [-0.2, -0.15) is 0 Å². The molecular formula is C13H14ClN3OS2. The number of rotatable bonds is 4. The molecule has 0 aliphatic heterocycles. The molecule has 1 aromatic heterocycles. The first-order valence-electron chi connectivity index (χ1n) is 5.87. The number of nitrogens with one attached hydrogen (secondary N) is 1. The molecule has 0 aliphatic carbocycles. The van der Waals surface area contributed by atoms with Crippen LogP contribution in [0.25, 0.3) is 0 Å². The van der Waals surface area contributed by atoms with E-state index in [-0.39, 0.29) is 5.91 Å². The largest absolute Gasteiger partial charge is 0.375 e. The molecule has 0 saturated carbocycles. The van der Waals surface area contributed by atoms with Crippen LogP contribution < -0.4 is 11.1 Å². The van der Waals surface area contributed by atoms with E-state index in [9.17, 15) is 4.79 Å². The Balaban J connectivity index is 1.94. The van der Waals surface area contributed by atoms with Crippen molar-refractivity contribution in [1.82, 2.24) is 4.98 Å². The quantitative estimate of drug-likeness (QED) is 0.840. The Labute approximate surface area is 130 Å². The summed E-state index contributed by atoms with van der Waals surface area (Å²) in [4.78, 5) is 16.1.